The highest BCUT2D eigenvalue weighted by molar-refractivity contribution is 6.08. The van der Waals surface area contributed by atoms with E-state index in [1.807, 2.05) is 24.3 Å². The van der Waals surface area contributed by atoms with Gasteiger partial charge >= 0.3 is 0 Å². The maximum atomic E-state index is 8.92. The van der Waals surface area contributed by atoms with E-state index in [0.717, 1.165) is 17.3 Å². The SMILES string of the molecule is CC(C)(C)CCOc1cc(C(N)=NO)c2ccccc2n1. The fourth-order valence-corrected chi connectivity index (χ4v) is 1.95. The molecule has 5 heteroatoms. The summed E-state index contributed by atoms with van der Waals surface area (Å²) in [6.07, 6.45) is 0.917. The number of aromatic nitrogens is 1. The third-order valence-corrected chi connectivity index (χ3v) is 3.18. The van der Waals surface area contributed by atoms with Crippen molar-refractivity contribution in [1.82, 2.24) is 4.98 Å². The molecule has 0 radical (unpaired) electrons. The Morgan fingerprint density at radius 3 is 2.71 bits per heavy atom. The molecule has 5 nitrogen and oxygen atoms in total. The van der Waals surface area contributed by atoms with Gasteiger partial charge < -0.3 is 15.7 Å². The summed E-state index contributed by atoms with van der Waals surface area (Å²) >= 11 is 0. The Balaban J connectivity index is 2.33. The van der Waals surface area contributed by atoms with Gasteiger partial charge in [-0.25, -0.2) is 4.98 Å². The Labute approximate surface area is 124 Å². The molecule has 0 spiro atoms. The number of hydrogen-bond acceptors (Lipinski definition) is 4. The number of para-hydroxylation sites is 1. The van der Waals surface area contributed by atoms with Gasteiger partial charge in [0, 0.05) is 17.0 Å². The van der Waals surface area contributed by atoms with Crippen molar-refractivity contribution >= 4 is 16.7 Å². The van der Waals surface area contributed by atoms with Crippen LogP contribution in [0.4, 0.5) is 0 Å². The number of ether oxygens (including phenoxy) is 1. The minimum atomic E-state index is 0.0503. The zero-order chi connectivity index (χ0) is 15.5. The van der Waals surface area contributed by atoms with Gasteiger partial charge in [0.1, 0.15) is 0 Å². The topological polar surface area (TPSA) is 80.7 Å². The largest absolute Gasteiger partial charge is 0.478 e. The summed E-state index contributed by atoms with van der Waals surface area (Å²) in [5.41, 5.74) is 7.32. The standard InChI is InChI=1S/C16H21N3O2/c1-16(2,3)8-9-21-14-10-12(15(17)19-20)11-6-4-5-7-13(11)18-14/h4-7,10,20H,8-9H2,1-3H3,(H2,17,19). The first-order valence-electron chi connectivity index (χ1n) is 6.91. The number of benzene rings is 1. The molecule has 0 amide bonds. The first-order chi connectivity index (χ1) is 9.90. The predicted molar refractivity (Wildman–Crippen MR) is 83.8 cm³/mol. The maximum Gasteiger partial charge on any atom is 0.214 e. The van der Waals surface area contributed by atoms with E-state index in [4.69, 9.17) is 15.7 Å². The van der Waals surface area contributed by atoms with Crippen LogP contribution in [0.1, 0.15) is 32.8 Å². The van der Waals surface area contributed by atoms with E-state index >= 15 is 0 Å². The number of nitrogens with zero attached hydrogens (tertiary/aromatic N) is 2. The molecule has 0 aliphatic rings. The van der Waals surface area contributed by atoms with Crippen LogP contribution in [0.25, 0.3) is 10.9 Å². The summed E-state index contributed by atoms with van der Waals surface area (Å²) in [6.45, 7) is 7.05. The summed E-state index contributed by atoms with van der Waals surface area (Å²) < 4.78 is 5.72. The van der Waals surface area contributed by atoms with Gasteiger partial charge in [0.15, 0.2) is 5.84 Å². The molecule has 2 rings (SSSR count). The minimum absolute atomic E-state index is 0.0503. The molecule has 0 bridgehead atoms. The third-order valence-electron chi connectivity index (χ3n) is 3.18. The van der Waals surface area contributed by atoms with E-state index in [9.17, 15) is 0 Å². The van der Waals surface area contributed by atoms with Crippen LogP contribution < -0.4 is 10.5 Å². The number of hydrogen-bond donors (Lipinski definition) is 2. The van der Waals surface area contributed by atoms with Crippen LogP contribution in [0.15, 0.2) is 35.5 Å². The van der Waals surface area contributed by atoms with E-state index in [-0.39, 0.29) is 11.3 Å². The van der Waals surface area contributed by atoms with Gasteiger partial charge in [0.2, 0.25) is 5.88 Å². The van der Waals surface area contributed by atoms with Gasteiger partial charge in [0.05, 0.1) is 12.1 Å². The molecular weight excluding hydrogens is 266 g/mol. The smallest absolute Gasteiger partial charge is 0.214 e. The van der Waals surface area contributed by atoms with Crippen LogP contribution in [-0.4, -0.2) is 22.6 Å². The van der Waals surface area contributed by atoms with E-state index < -0.39 is 0 Å². The highest BCUT2D eigenvalue weighted by Gasteiger charge is 2.13. The summed E-state index contributed by atoms with van der Waals surface area (Å²) in [6, 6.07) is 9.25. The van der Waals surface area contributed by atoms with Crippen molar-refractivity contribution < 1.29 is 9.94 Å². The van der Waals surface area contributed by atoms with E-state index in [1.165, 1.54) is 0 Å². The van der Waals surface area contributed by atoms with Gasteiger partial charge in [-0.3, -0.25) is 0 Å². The van der Waals surface area contributed by atoms with Gasteiger partial charge in [-0.1, -0.05) is 44.1 Å². The van der Waals surface area contributed by atoms with E-state index in [1.54, 1.807) is 6.07 Å². The molecule has 21 heavy (non-hydrogen) atoms. The highest BCUT2D eigenvalue weighted by atomic mass is 16.5. The summed E-state index contributed by atoms with van der Waals surface area (Å²) in [5, 5.41) is 12.8. The van der Waals surface area contributed by atoms with E-state index in [0.29, 0.717) is 18.1 Å². The molecule has 0 saturated heterocycles. The van der Waals surface area contributed by atoms with Gasteiger partial charge in [-0.15, -0.1) is 0 Å². The normalized spacial score (nSPS) is 12.6. The van der Waals surface area contributed by atoms with Crippen LogP contribution in [0.5, 0.6) is 5.88 Å². The van der Waals surface area contributed by atoms with Crippen molar-refractivity contribution in [1.29, 1.82) is 0 Å². The second-order valence-electron chi connectivity index (χ2n) is 6.17. The number of rotatable bonds is 4. The van der Waals surface area contributed by atoms with Crippen LogP contribution in [-0.2, 0) is 0 Å². The molecule has 0 aliphatic heterocycles. The molecular formula is C16H21N3O2. The number of amidine groups is 1. The van der Waals surface area contributed by atoms with Crippen LogP contribution >= 0.6 is 0 Å². The molecule has 2 aromatic rings. The van der Waals surface area contributed by atoms with Crippen molar-refractivity contribution in [3.63, 3.8) is 0 Å². The summed E-state index contributed by atoms with van der Waals surface area (Å²) in [5.74, 6) is 0.536. The molecule has 1 aromatic carbocycles. The first kappa shape index (κ1) is 15.1. The maximum absolute atomic E-state index is 8.92. The lowest BCUT2D eigenvalue weighted by molar-refractivity contribution is 0.237. The van der Waals surface area contributed by atoms with Crippen molar-refractivity contribution in [2.24, 2.45) is 16.3 Å². The lowest BCUT2D eigenvalue weighted by atomic mass is 9.93. The summed E-state index contributed by atoms with van der Waals surface area (Å²) in [4.78, 5) is 4.46. The fourth-order valence-electron chi connectivity index (χ4n) is 1.95. The molecule has 0 saturated carbocycles. The van der Waals surface area contributed by atoms with Crippen molar-refractivity contribution in [3.05, 3.63) is 35.9 Å². The van der Waals surface area contributed by atoms with Gasteiger partial charge in [0.25, 0.3) is 0 Å². The number of pyridine rings is 1. The second kappa shape index (κ2) is 5.99. The molecule has 1 aromatic heterocycles. The zero-order valence-corrected chi connectivity index (χ0v) is 12.6. The Morgan fingerprint density at radius 2 is 2.05 bits per heavy atom. The number of nitrogens with two attached hydrogens (primary N) is 1. The predicted octanol–water partition coefficient (Wildman–Crippen LogP) is 3.14. The third kappa shape index (κ3) is 3.84. The molecule has 1 heterocycles. The van der Waals surface area contributed by atoms with Crippen LogP contribution in [0.3, 0.4) is 0 Å². The quantitative estimate of drug-likeness (QED) is 0.392. The number of oxime groups is 1. The second-order valence-corrected chi connectivity index (χ2v) is 6.17. The Hall–Kier alpha value is -2.30. The molecule has 0 atom stereocenters. The average molecular weight is 287 g/mol. The average Bonchev–Trinajstić information content (AvgIpc) is 2.44. The summed E-state index contributed by atoms with van der Waals surface area (Å²) in [7, 11) is 0. The van der Waals surface area contributed by atoms with Crippen LogP contribution in [0, 0.1) is 5.41 Å². The highest BCUT2D eigenvalue weighted by Crippen LogP contribution is 2.23. The van der Waals surface area contributed by atoms with Gasteiger partial charge in [-0.2, -0.15) is 0 Å². The van der Waals surface area contributed by atoms with Crippen molar-refractivity contribution in [3.8, 4) is 5.88 Å². The Morgan fingerprint density at radius 1 is 1.33 bits per heavy atom. The Kier molecular flexibility index (Phi) is 4.31. The van der Waals surface area contributed by atoms with Crippen LogP contribution in [0.2, 0.25) is 0 Å². The molecule has 0 aliphatic carbocycles. The van der Waals surface area contributed by atoms with E-state index in [2.05, 4.69) is 30.9 Å². The monoisotopic (exact) mass is 287 g/mol. The Bertz CT molecular complexity index is 660. The molecule has 112 valence electrons. The fraction of sp³-hybridized carbons (Fsp3) is 0.375. The lowest BCUT2D eigenvalue weighted by Gasteiger charge is -2.18. The van der Waals surface area contributed by atoms with Crippen molar-refractivity contribution in [2.45, 2.75) is 27.2 Å². The lowest BCUT2D eigenvalue weighted by Crippen LogP contribution is -2.15. The molecule has 3 N–H and O–H groups in total. The number of fused-ring (bicyclic) bond motifs is 1. The minimum Gasteiger partial charge on any atom is -0.478 e. The zero-order valence-electron chi connectivity index (χ0n) is 12.6. The molecule has 0 fully saturated rings. The van der Waals surface area contributed by atoms with Crippen molar-refractivity contribution in [2.75, 3.05) is 6.61 Å². The van der Waals surface area contributed by atoms with Gasteiger partial charge in [-0.05, 0) is 17.9 Å². The molecule has 0 unspecified atom stereocenters. The first-order valence-corrected chi connectivity index (χ1v) is 6.91.